The first-order valence-corrected chi connectivity index (χ1v) is 6.42. The van der Waals surface area contributed by atoms with E-state index in [1.165, 1.54) is 12.0 Å². The van der Waals surface area contributed by atoms with E-state index in [1.54, 1.807) is 11.3 Å². The van der Waals surface area contributed by atoms with Crippen molar-refractivity contribution in [3.05, 3.63) is 57.3 Å². The number of hydrogen-bond acceptors (Lipinski definition) is 3. The van der Waals surface area contributed by atoms with E-state index in [4.69, 9.17) is 4.89 Å². The average molecular weight is 258 g/mol. The molecule has 0 unspecified atom stereocenters. The maximum Gasteiger partial charge on any atom is 0.107 e. The van der Waals surface area contributed by atoms with Gasteiger partial charge in [0.15, 0.2) is 0 Å². The van der Waals surface area contributed by atoms with Gasteiger partial charge in [-0.25, -0.2) is 9.78 Å². The number of thiophene rings is 1. The highest BCUT2D eigenvalue weighted by atomic mass is 32.1. The number of hydrogen-bond donors (Lipinski definition) is 0. The monoisotopic (exact) mass is 258 g/mol. The van der Waals surface area contributed by atoms with Crippen LogP contribution >= 0.6 is 11.3 Å². The van der Waals surface area contributed by atoms with Crippen LogP contribution < -0.4 is 0 Å². The molecule has 0 aliphatic carbocycles. The first kappa shape index (κ1) is 12.8. The van der Waals surface area contributed by atoms with Crippen molar-refractivity contribution in [2.75, 3.05) is 7.11 Å². The molecule has 0 saturated carbocycles. The zero-order chi connectivity index (χ0) is 12.8. The lowest BCUT2D eigenvalue weighted by molar-refractivity contribution is -0.282. The molecule has 0 bridgehead atoms. The van der Waals surface area contributed by atoms with Crippen LogP contribution in [0.1, 0.15) is 20.9 Å². The number of aryl methyl sites for hydroxylation is 1. The van der Waals surface area contributed by atoms with Crippen LogP contribution in [0.4, 0.5) is 0 Å². The Bertz CT molecular complexity index is 558. The summed E-state index contributed by atoms with van der Waals surface area (Å²) in [6, 6.07) is 12.1. The zero-order valence-corrected chi connectivity index (χ0v) is 11.2. The Hall–Kier alpha value is -1.60. The topological polar surface area (TPSA) is 18.5 Å². The average Bonchev–Trinajstić information content (AvgIpc) is 2.81. The quantitative estimate of drug-likeness (QED) is 0.476. The van der Waals surface area contributed by atoms with Crippen molar-refractivity contribution in [2.45, 2.75) is 13.5 Å². The second-order valence-electron chi connectivity index (χ2n) is 3.79. The predicted molar refractivity (Wildman–Crippen MR) is 73.3 cm³/mol. The first-order chi connectivity index (χ1) is 8.78. The molecular formula is C15H14O2S. The summed E-state index contributed by atoms with van der Waals surface area (Å²) < 4.78 is 0. The minimum atomic E-state index is 0.453. The summed E-state index contributed by atoms with van der Waals surface area (Å²) in [6.45, 7) is 2.54. The van der Waals surface area contributed by atoms with Crippen molar-refractivity contribution in [3.63, 3.8) is 0 Å². The van der Waals surface area contributed by atoms with E-state index in [2.05, 4.69) is 29.7 Å². The Morgan fingerprint density at radius 1 is 1.06 bits per heavy atom. The van der Waals surface area contributed by atoms with Crippen LogP contribution in [0.5, 0.6) is 0 Å². The van der Waals surface area contributed by atoms with E-state index in [0.717, 1.165) is 16.0 Å². The van der Waals surface area contributed by atoms with Crippen molar-refractivity contribution >= 4 is 11.3 Å². The molecule has 18 heavy (non-hydrogen) atoms. The van der Waals surface area contributed by atoms with Gasteiger partial charge >= 0.3 is 0 Å². The van der Waals surface area contributed by atoms with Crippen LogP contribution in [-0.2, 0) is 16.4 Å². The van der Waals surface area contributed by atoms with Crippen LogP contribution in [0.15, 0.2) is 36.4 Å². The molecule has 1 aromatic heterocycles. The van der Waals surface area contributed by atoms with Gasteiger partial charge in [-0.05, 0) is 36.8 Å². The van der Waals surface area contributed by atoms with Gasteiger partial charge in [-0.2, -0.15) is 0 Å². The van der Waals surface area contributed by atoms with E-state index >= 15 is 0 Å². The lowest BCUT2D eigenvalue weighted by atomic mass is 10.1. The third-order valence-electron chi connectivity index (χ3n) is 2.37. The highest BCUT2D eigenvalue weighted by Crippen LogP contribution is 2.13. The molecule has 0 spiro atoms. The minimum Gasteiger partial charge on any atom is -0.240 e. The highest BCUT2D eigenvalue weighted by Gasteiger charge is 1.94. The fraction of sp³-hybridized carbons (Fsp3) is 0.200. The number of benzene rings is 1. The van der Waals surface area contributed by atoms with E-state index in [1.807, 2.05) is 30.3 Å². The molecule has 1 aromatic carbocycles. The highest BCUT2D eigenvalue weighted by molar-refractivity contribution is 7.12. The van der Waals surface area contributed by atoms with Crippen molar-refractivity contribution in [3.8, 4) is 11.8 Å². The van der Waals surface area contributed by atoms with Crippen molar-refractivity contribution in [2.24, 2.45) is 0 Å². The van der Waals surface area contributed by atoms with Crippen molar-refractivity contribution in [1.82, 2.24) is 0 Å². The smallest absolute Gasteiger partial charge is 0.107 e. The normalized spacial score (nSPS) is 9.89. The maximum atomic E-state index is 4.86. The SMILES string of the molecule is COOCc1ccc(C#Cc2ccc(C)s2)cc1. The lowest BCUT2D eigenvalue weighted by Gasteiger charge is -1.99. The second kappa shape index (κ2) is 6.36. The molecule has 92 valence electrons. The first-order valence-electron chi connectivity index (χ1n) is 5.61. The van der Waals surface area contributed by atoms with Gasteiger partial charge in [0, 0.05) is 10.4 Å². The largest absolute Gasteiger partial charge is 0.240 e. The molecule has 2 nitrogen and oxygen atoms in total. The lowest BCUT2D eigenvalue weighted by Crippen LogP contribution is -1.90. The van der Waals surface area contributed by atoms with Gasteiger partial charge in [-0.15, -0.1) is 11.3 Å². The van der Waals surface area contributed by atoms with Crippen LogP contribution in [0.2, 0.25) is 0 Å². The third-order valence-corrected chi connectivity index (χ3v) is 3.28. The van der Waals surface area contributed by atoms with Crippen molar-refractivity contribution < 1.29 is 9.78 Å². The fourth-order valence-corrected chi connectivity index (χ4v) is 2.17. The fourth-order valence-electron chi connectivity index (χ4n) is 1.45. The zero-order valence-electron chi connectivity index (χ0n) is 10.4. The molecule has 0 radical (unpaired) electrons. The van der Waals surface area contributed by atoms with E-state index in [9.17, 15) is 0 Å². The molecule has 0 atom stereocenters. The minimum absolute atomic E-state index is 0.453. The van der Waals surface area contributed by atoms with Gasteiger partial charge in [0.25, 0.3) is 0 Å². The molecule has 0 amide bonds. The molecule has 0 fully saturated rings. The van der Waals surface area contributed by atoms with Gasteiger partial charge in [-0.3, -0.25) is 0 Å². The molecule has 0 N–H and O–H groups in total. The number of rotatable bonds is 3. The van der Waals surface area contributed by atoms with Gasteiger partial charge in [-0.1, -0.05) is 24.0 Å². The van der Waals surface area contributed by atoms with Gasteiger partial charge in [0.05, 0.1) is 12.0 Å². The molecule has 0 saturated heterocycles. The summed E-state index contributed by atoms with van der Waals surface area (Å²) in [4.78, 5) is 11.8. The summed E-state index contributed by atoms with van der Waals surface area (Å²) in [5.41, 5.74) is 2.07. The molecule has 0 aliphatic rings. The maximum absolute atomic E-state index is 4.86. The molecule has 1 heterocycles. The van der Waals surface area contributed by atoms with Crippen LogP contribution in [-0.4, -0.2) is 7.11 Å². The molecule has 2 aromatic rings. The molecule has 2 rings (SSSR count). The van der Waals surface area contributed by atoms with Gasteiger partial charge in [0.1, 0.15) is 6.61 Å². The Kier molecular flexibility index (Phi) is 4.54. The molecule has 3 heteroatoms. The van der Waals surface area contributed by atoms with Crippen LogP contribution in [0, 0.1) is 18.8 Å². The Morgan fingerprint density at radius 3 is 2.44 bits per heavy atom. The standard InChI is InChI=1S/C15H14O2S/c1-12-3-9-15(18-12)10-8-13-4-6-14(7-5-13)11-17-16-2/h3-7,9H,11H2,1-2H3. The van der Waals surface area contributed by atoms with E-state index in [-0.39, 0.29) is 0 Å². The summed E-state index contributed by atoms with van der Waals surface area (Å²) in [5.74, 6) is 6.30. The van der Waals surface area contributed by atoms with Crippen LogP contribution in [0.3, 0.4) is 0 Å². The van der Waals surface area contributed by atoms with Crippen molar-refractivity contribution in [1.29, 1.82) is 0 Å². The Labute approximate surface area is 111 Å². The third kappa shape index (κ3) is 3.71. The Balaban J connectivity index is 2.04. The summed E-state index contributed by atoms with van der Waals surface area (Å²) in [7, 11) is 1.50. The summed E-state index contributed by atoms with van der Waals surface area (Å²) in [6.07, 6.45) is 0. The van der Waals surface area contributed by atoms with Gasteiger partial charge in [0.2, 0.25) is 0 Å². The second-order valence-corrected chi connectivity index (χ2v) is 5.07. The van der Waals surface area contributed by atoms with E-state index in [0.29, 0.717) is 6.61 Å². The molecular weight excluding hydrogens is 244 g/mol. The summed E-state index contributed by atoms with van der Waals surface area (Å²) >= 11 is 1.71. The van der Waals surface area contributed by atoms with Crippen LogP contribution in [0.25, 0.3) is 0 Å². The van der Waals surface area contributed by atoms with Gasteiger partial charge < -0.3 is 0 Å². The Morgan fingerprint density at radius 2 is 1.83 bits per heavy atom. The summed E-state index contributed by atoms with van der Waals surface area (Å²) in [5, 5.41) is 0. The predicted octanol–water partition coefficient (Wildman–Crippen LogP) is 3.53. The van der Waals surface area contributed by atoms with E-state index < -0.39 is 0 Å². The molecule has 0 aliphatic heterocycles.